The van der Waals surface area contributed by atoms with Crippen LogP contribution in [0.3, 0.4) is 0 Å². The van der Waals surface area contributed by atoms with E-state index in [4.69, 9.17) is 5.73 Å². The SMILES string of the molecule is CCn1ccnc1-c1cnc(N)[nH]1. The number of nitrogens with two attached hydrogens (primary N) is 1. The first-order valence-corrected chi connectivity index (χ1v) is 4.13. The molecule has 2 aromatic rings. The Hall–Kier alpha value is -1.78. The summed E-state index contributed by atoms with van der Waals surface area (Å²) in [4.78, 5) is 11.1. The molecule has 0 saturated carbocycles. The summed E-state index contributed by atoms with van der Waals surface area (Å²) in [6.07, 6.45) is 5.37. The average molecular weight is 177 g/mol. The van der Waals surface area contributed by atoms with Gasteiger partial charge < -0.3 is 15.3 Å². The van der Waals surface area contributed by atoms with Gasteiger partial charge in [0.1, 0.15) is 5.69 Å². The number of nitrogen functional groups attached to an aromatic ring is 1. The summed E-state index contributed by atoms with van der Waals surface area (Å²) < 4.78 is 2.02. The summed E-state index contributed by atoms with van der Waals surface area (Å²) in [6, 6.07) is 0. The molecule has 3 N–H and O–H groups in total. The van der Waals surface area contributed by atoms with Crippen molar-refractivity contribution < 1.29 is 0 Å². The highest BCUT2D eigenvalue weighted by molar-refractivity contribution is 5.51. The highest BCUT2D eigenvalue weighted by Crippen LogP contribution is 2.14. The molecule has 0 spiro atoms. The third kappa shape index (κ3) is 1.28. The second kappa shape index (κ2) is 2.93. The molecular weight excluding hydrogens is 166 g/mol. The highest BCUT2D eigenvalue weighted by Gasteiger charge is 2.06. The molecule has 13 heavy (non-hydrogen) atoms. The Morgan fingerprint density at radius 1 is 1.54 bits per heavy atom. The first-order valence-electron chi connectivity index (χ1n) is 4.13. The van der Waals surface area contributed by atoms with Crippen LogP contribution in [0.25, 0.3) is 11.5 Å². The zero-order valence-electron chi connectivity index (χ0n) is 7.36. The maximum absolute atomic E-state index is 5.47. The van der Waals surface area contributed by atoms with Crippen LogP contribution in [0.5, 0.6) is 0 Å². The number of nitrogens with one attached hydrogen (secondary N) is 1. The Morgan fingerprint density at radius 2 is 2.38 bits per heavy atom. The van der Waals surface area contributed by atoms with Gasteiger partial charge in [-0.05, 0) is 6.92 Å². The molecule has 0 saturated heterocycles. The Labute approximate surface area is 75.6 Å². The molecule has 0 radical (unpaired) electrons. The molecule has 0 atom stereocenters. The summed E-state index contributed by atoms with van der Waals surface area (Å²) in [5, 5.41) is 0. The van der Waals surface area contributed by atoms with Crippen molar-refractivity contribution in [3.05, 3.63) is 18.6 Å². The lowest BCUT2D eigenvalue weighted by molar-refractivity contribution is 0.768. The molecule has 0 aliphatic rings. The molecule has 2 heterocycles. The zero-order valence-corrected chi connectivity index (χ0v) is 7.36. The summed E-state index contributed by atoms with van der Waals surface area (Å²) in [6.45, 7) is 2.94. The quantitative estimate of drug-likeness (QED) is 0.715. The summed E-state index contributed by atoms with van der Waals surface area (Å²) in [5.74, 6) is 1.28. The third-order valence-electron chi connectivity index (χ3n) is 1.89. The number of aromatic amines is 1. The van der Waals surface area contributed by atoms with Gasteiger partial charge in [0.25, 0.3) is 0 Å². The van der Waals surface area contributed by atoms with Crippen LogP contribution < -0.4 is 5.73 Å². The summed E-state index contributed by atoms with van der Waals surface area (Å²) in [5.41, 5.74) is 6.32. The van der Waals surface area contributed by atoms with Crippen LogP contribution in [-0.2, 0) is 6.54 Å². The van der Waals surface area contributed by atoms with E-state index in [1.54, 1.807) is 12.4 Å². The lowest BCUT2D eigenvalue weighted by atomic mass is 10.4. The van der Waals surface area contributed by atoms with Crippen LogP contribution in [0, 0.1) is 0 Å². The van der Waals surface area contributed by atoms with Gasteiger partial charge in [-0.1, -0.05) is 0 Å². The fourth-order valence-electron chi connectivity index (χ4n) is 1.26. The molecule has 2 rings (SSSR count). The van der Waals surface area contributed by atoms with E-state index in [9.17, 15) is 0 Å². The lowest BCUT2D eigenvalue weighted by Gasteiger charge is -2.00. The largest absolute Gasteiger partial charge is 0.369 e. The Morgan fingerprint density at radius 3 is 3.00 bits per heavy atom. The zero-order chi connectivity index (χ0) is 9.26. The van der Waals surface area contributed by atoms with E-state index in [0.29, 0.717) is 5.95 Å². The minimum Gasteiger partial charge on any atom is -0.369 e. The molecular formula is C8H11N5. The maximum atomic E-state index is 5.47. The van der Waals surface area contributed by atoms with Gasteiger partial charge in [0.15, 0.2) is 11.8 Å². The molecule has 68 valence electrons. The number of anilines is 1. The van der Waals surface area contributed by atoms with Crippen molar-refractivity contribution >= 4 is 5.95 Å². The predicted octanol–water partition coefficient (Wildman–Crippen LogP) is 0.875. The third-order valence-corrected chi connectivity index (χ3v) is 1.89. The number of imidazole rings is 2. The van der Waals surface area contributed by atoms with Gasteiger partial charge in [-0.3, -0.25) is 0 Å². The van der Waals surface area contributed by atoms with Crippen LogP contribution in [0.1, 0.15) is 6.92 Å². The number of rotatable bonds is 2. The number of nitrogens with zero attached hydrogens (tertiary/aromatic N) is 3. The normalized spacial score (nSPS) is 10.5. The predicted molar refractivity (Wildman–Crippen MR) is 49.9 cm³/mol. The molecule has 0 bridgehead atoms. The number of H-pyrrole nitrogens is 1. The van der Waals surface area contributed by atoms with Crippen molar-refractivity contribution in [2.24, 2.45) is 0 Å². The van der Waals surface area contributed by atoms with E-state index in [0.717, 1.165) is 18.1 Å². The van der Waals surface area contributed by atoms with Gasteiger partial charge in [-0.2, -0.15) is 0 Å². The number of aromatic nitrogens is 4. The van der Waals surface area contributed by atoms with E-state index in [1.807, 2.05) is 10.8 Å². The topological polar surface area (TPSA) is 72.5 Å². The van der Waals surface area contributed by atoms with Crippen molar-refractivity contribution in [1.82, 2.24) is 19.5 Å². The van der Waals surface area contributed by atoms with Crippen LogP contribution >= 0.6 is 0 Å². The molecule has 2 aromatic heterocycles. The van der Waals surface area contributed by atoms with E-state index >= 15 is 0 Å². The van der Waals surface area contributed by atoms with Gasteiger partial charge in [0.2, 0.25) is 0 Å². The number of hydrogen-bond donors (Lipinski definition) is 2. The van der Waals surface area contributed by atoms with E-state index in [2.05, 4.69) is 21.9 Å². The highest BCUT2D eigenvalue weighted by atomic mass is 15.1. The molecule has 0 aromatic carbocycles. The van der Waals surface area contributed by atoms with Crippen molar-refractivity contribution in [3.8, 4) is 11.5 Å². The molecule has 0 aliphatic heterocycles. The second-order valence-corrected chi connectivity index (χ2v) is 2.72. The van der Waals surface area contributed by atoms with Gasteiger partial charge in [-0.15, -0.1) is 0 Å². The van der Waals surface area contributed by atoms with Crippen LogP contribution in [-0.4, -0.2) is 19.5 Å². The second-order valence-electron chi connectivity index (χ2n) is 2.72. The first-order chi connectivity index (χ1) is 6.31. The molecule has 5 nitrogen and oxygen atoms in total. The number of aryl methyl sites for hydroxylation is 1. The van der Waals surface area contributed by atoms with Gasteiger partial charge in [0, 0.05) is 18.9 Å². The lowest BCUT2D eigenvalue weighted by Crippen LogP contribution is -1.96. The minimum atomic E-state index is 0.417. The van der Waals surface area contributed by atoms with E-state index in [1.165, 1.54) is 0 Å². The summed E-state index contributed by atoms with van der Waals surface area (Å²) in [7, 11) is 0. The minimum absolute atomic E-state index is 0.417. The Balaban J connectivity index is 2.45. The molecule has 0 amide bonds. The van der Waals surface area contributed by atoms with E-state index in [-0.39, 0.29) is 0 Å². The van der Waals surface area contributed by atoms with Gasteiger partial charge in [-0.25, -0.2) is 9.97 Å². The molecule has 0 fully saturated rings. The van der Waals surface area contributed by atoms with Crippen molar-refractivity contribution in [3.63, 3.8) is 0 Å². The van der Waals surface area contributed by atoms with Crippen molar-refractivity contribution in [2.45, 2.75) is 13.5 Å². The van der Waals surface area contributed by atoms with Crippen molar-refractivity contribution in [1.29, 1.82) is 0 Å². The number of hydrogen-bond acceptors (Lipinski definition) is 3. The van der Waals surface area contributed by atoms with Crippen molar-refractivity contribution in [2.75, 3.05) is 5.73 Å². The Kier molecular flexibility index (Phi) is 1.77. The summed E-state index contributed by atoms with van der Waals surface area (Å²) >= 11 is 0. The monoisotopic (exact) mass is 177 g/mol. The van der Waals surface area contributed by atoms with Crippen LogP contribution in [0.2, 0.25) is 0 Å². The Bertz CT molecular complexity index is 400. The standard InChI is InChI=1S/C8H11N5/c1-2-13-4-3-10-7(13)6-5-11-8(9)12-6/h3-5H,2H2,1H3,(H3,9,11,12). The molecule has 0 aliphatic carbocycles. The fourth-order valence-corrected chi connectivity index (χ4v) is 1.26. The molecule has 5 heteroatoms. The van der Waals surface area contributed by atoms with Crippen LogP contribution in [0.15, 0.2) is 18.6 Å². The smallest absolute Gasteiger partial charge is 0.197 e. The van der Waals surface area contributed by atoms with Gasteiger partial charge >= 0.3 is 0 Å². The van der Waals surface area contributed by atoms with Gasteiger partial charge in [0.05, 0.1) is 6.20 Å². The maximum Gasteiger partial charge on any atom is 0.197 e. The van der Waals surface area contributed by atoms with E-state index < -0.39 is 0 Å². The average Bonchev–Trinajstić information content (AvgIpc) is 2.71. The fraction of sp³-hybridized carbons (Fsp3) is 0.250. The molecule has 0 unspecified atom stereocenters. The first kappa shape index (κ1) is 7.85. The van der Waals surface area contributed by atoms with Crippen LogP contribution in [0.4, 0.5) is 5.95 Å².